The van der Waals surface area contributed by atoms with E-state index in [1.165, 1.54) is 18.2 Å². The fourth-order valence-electron chi connectivity index (χ4n) is 2.55. The number of aromatic nitrogens is 2. The Hall–Kier alpha value is -3.34. The maximum Gasteiger partial charge on any atom is 0.270 e. The molecule has 3 aromatic rings. The Balaban J connectivity index is 2.13. The van der Waals surface area contributed by atoms with Gasteiger partial charge in [-0.3, -0.25) is 4.79 Å². The van der Waals surface area contributed by atoms with Gasteiger partial charge < -0.3 is 10.4 Å². The minimum absolute atomic E-state index is 0.0723. The molecule has 6 nitrogen and oxygen atoms in total. The normalized spacial score (nSPS) is 11.6. The maximum atomic E-state index is 13.7. The molecule has 0 bridgehead atoms. The van der Waals surface area contributed by atoms with Gasteiger partial charge in [0.25, 0.3) is 5.91 Å². The summed E-state index contributed by atoms with van der Waals surface area (Å²) in [6.45, 7) is 1.43. The highest BCUT2D eigenvalue weighted by atomic mass is 35.5. The molecule has 2 N–H and O–H groups in total. The molecule has 0 spiro atoms. The van der Waals surface area contributed by atoms with Gasteiger partial charge in [-0.2, -0.15) is 5.26 Å². The van der Waals surface area contributed by atoms with Gasteiger partial charge in [-0.15, -0.1) is 0 Å². The second-order valence-electron chi connectivity index (χ2n) is 6.33. The first kappa shape index (κ1) is 20.4. The smallest absolute Gasteiger partial charge is 0.270 e. The second kappa shape index (κ2) is 8.78. The number of amides is 1. The Morgan fingerprint density at radius 2 is 1.90 bits per heavy atom. The molecule has 3 rings (SSSR count). The molecule has 0 fully saturated rings. The van der Waals surface area contributed by atoms with Crippen molar-refractivity contribution >= 4 is 17.5 Å². The standard InChI is InChI=1S/C21H16ClFN4O2/c1-12(11-28)25-21(29)19-9-18(13-2-5-16(22)6-3-13)26-20(27-19)14-4-7-17(23)15(8-14)10-24/h2-9,12,28H,11H2,1H3,(H,25,29). The summed E-state index contributed by atoms with van der Waals surface area (Å²) in [6.07, 6.45) is 0. The van der Waals surface area contributed by atoms with Crippen molar-refractivity contribution in [3.05, 3.63) is 70.6 Å². The van der Waals surface area contributed by atoms with Crippen molar-refractivity contribution in [2.75, 3.05) is 6.61 Å². The van der Waals surface area contributed by atoms with Crippen molar-refractivity contribution in [1.29, 1.82) is 5.26 Å². The fraction of sp³-hybridized carbons (Fsp3) is 0.143. The summed E-state index contributed by atoms with van der Waals surface area (Å²) in [7, 11) is 0. The number of nitrogens with zero attached hydrogens (tertiary/aromatic N) is 3. The lowest BCUT2D eigenvalue weighted by atomic mass is 10.1. The van der Waals surface area contributed by atoms with E-state index in [2.05, 4.69) is 15.3 Å². The third-order valence-corrected chi connectivity index (χ3v) is 4.35. The highest BCUT2D eigenvalue weighted by Gasteiger charge is 2.16. The first-order valence-corrected chi connectivity index (χ1v) is 9.06. The number of halogens is 2. The lowest BCUT2D eigenvalue weighted by Crippen LogP contribution is -2.35. The number of nitrogens with one attached hydrogen (secondary N) is 1. The SMILES string of the molecule is CC(CO)NC(=O)c1cc(-c2ccc(Cl)cc2)nc(-c2ccc(F)c(C#N)c2)n1. The molecule has 1 heterocycles. The van der Waals surface area contributed by atoms with Gasteiger partial charge in [0.05, 0.1) is 17.9 Å². The predicted octanol–water partition coefficient (Wildman–Crippen LogP) is 3.59. The molecule has 0 saturated carbocycles. The molecule has 1 atom stereocenters. The van der Waals surface area contributed by atoms with Crippen LogP contribution in [0.15, 0.2) is 48.5 Å². The third-order valence-electron chi connectivity index (χ3n) is 4.10. The molecule has 0 radical (unpaired) electrons. The molecule has 0 saturated heterocycles. The molecule has 1 unspecified atom stereocenters. The Morgan fingerprint density at radius 3 is 2.55 bits per heavy atom. The average Bonchev–Trinajstić information content (AvgIpc) is 2.74. The monoisotopic (exact) mass is 410 g/mol. The molecule has 8 heteroatoms. The zero-order chi connectivity index (χ0) is 21.0. The number of hydrogen-bond donors (Lipinski definition) is 2. The van der Waals surface area contributed by atoms with Crippen LogP contribution in [0.1, 0.15) is 23.0 Å². The van der Waals surface area contributed by atoms with Crippen LogP contribution in [0, 0.1) is 17.1 Å². The van der Waals surface area contributed by atoms with Gasteiger partial charge in [-0.05, 0) is 43.3 Å². The van der Waals surface area contributed by atoms with Crippen molar-refractivity contribution < 1.29 is 14.3 Å². The quantitative estimate of drug-likeness (QED) is 0.669. The highest BCUT2D eigenvalue weighted by molar-refractivity contribution is 6.30. The van der Waals surface area contributed by atoms with Gasteiger partial charge >= 0.3 is 0 Å². The van der Waals surface area contributed by atoms with E-state index in [0.717, 1.165) is 6.07 Å². The van der Waals surface area contributed by atoms with Crippen molar-refractivity contribution in [2.24, 2.45) is 0 Å². The number of carbonyl (C=O) groups is 1. The van der Waals surface area contributed by atoms with E-state index in [4.69, 9.17) is 16.9 Å². The molecular weight excluding hydrogens is 395 g/mol. The van der Waals surface area contributed by atoms with Crippen LogP contribution in [-0.2, 0) is 0 Å². The number of hydrogen-bond acceptors (Lipinski definition) is 5. The minimum Gasteiger partial charge on any atom is -0.394 e. The Kier molecular flexibility index (Phi) is 6.17. The summed E-state index contributed by atoms with van der Waals surface area (Å²) < 4.78 is 13.7. The summed E-state index contributed by atoms with van der Waals surface area (Å²) in [4.78, 5) is 21.3. The van der Waals surface area contributed by atoms with Gasteiger partial charge in [0.15, 0.2) is 5.82 Å². The van der Waals surface area contributed by atoms with Gasteiger partial charge in [0.1, 0.15) is 17.6 Å². The first-order chi connectivity index (χ1) is 13.9. The van der Waals surface area contributed by atoms with E-state index in [1.54, 1.807) is 37.3 Å². The van der Waals surface area contributed by atoms with Crippen LogP contribution >= 0.6 is 11.6 Å². The van der Waals surface area contributed by atoms with Crippen LogP contribution in [-0.4, -0.2) is 33.6 Å². The minimum atomic E-state index is -0.653. The van der Waals surface area contributed by atoms with Crippen molar-refractivity contribution in [3.8, 4) is 28.7 Å². The Bertz CT molecular complexity index is 1100. The van der Waals surface area contributed by atoms with Gasteiger partial charge in [-0.1, -0.05) is 23.7 Å². The summed E-state index contributed by atoms with van der Waals surface area (Å²) in [5, 5.41) is 21.4. The molecule has 0 aliphatic carbocycles. The Labute approximate surface area is 171 Å². The number of aliphatic hydroxyl groups excluding tert-OH is 1. The zero-order valence-electron chi connectivity index (χ0n) is 15.4. The molecule has 0 aliphatic heterocycles. The van der Waals surface area contributed by atoms with Crippen molar-refractivity contribution in [1.82, 2.24) is 15.3 Å². The Morgan fingerprint density at radius 1 is 1.21 bits per heavy atom. The number of nitriles is 1. The fourth-order valence-corrected chi connectivity index (χ4v) is 2.68. The largest absolute Gasteiger partial charge is 0.394 e. The lowest BCUT2D eigenvalue weighted by Gasteiger charge is -2.12. The molecule has 146 valence electrons. The number of rotatable bonds is 5. The molecule has 1 aromatic heterocycles. The molecule has 0 aliphatic rings. The topological polar surface area (TPSA) is 98.9 Å². The average molecular weight is 411 g/mol. The van der Waals surface area contributed by atoms with Crippen LogP contribution < -0.4 is 5.32 Å². The van der Waals surface area contributed by atoms with Gasteiger partial charge in [0.2, 0.25) is 0 Å². The van der Waals surface area contributed by atoms with E-state index in [0.29, 0.717) is 21.8 Å². The molecule has 2 aromatic carbocycles. The van der Waals surface area contributed by atoms with E-state index in [1.807, 2.05) is 0 Å². The van der Waals surface area contributed by atoms with Crippen LogP contribution in [0.3, 0.4) is 0 Å². The highest BCUT2D eigenvalue weighted by Crippen LogP contribution is 2.25. The van der Waals surface area contributed by atoms with Crippen molar-refractivity contribution in [2.45, 2.75) is 13.0 Å². The lowest BCUT2D eigenvalue weighted by molar-refractivity contribution is 0.0917. The molecule has 29 heavy (non-hydrogen) atoms. The van der Waals surface area contributed by atoms with Crippen molar-refractivity contribution in [3.63, 3.8) is 0 Å². The summed E-state index contributed by atoms with van der Waals surface area (Å²) >= 11 is 5.94. The molecule has 1 amide bonds. The van der Waals surface area contributed by atoms with Gasteiger partial charge in [0, 0.05) is 22.2 Å². The van der Waals surface area contributed by atoms with Crippen LogP contribution in [0.4, 0.5) is 4.39 Å². The number of aliphatic hydroxyl groups is 1. The van der Waals surface area contributed by atoms with Gasteiger partial charge in [-0.25, -0.2) is 14.4 Å². The van der Waals surface area contributed by atoms with E-state index < -0.39 is 17.8 Å². The van der Waals surface area contributed by atoms with Crippen LogP contribution in [0.5, 0.6) is 0 Å². The van der Waals surface area contributed by atoms with E-state index in [-0.39, 0.29) is 23.7 Å². The summed E-state index contributed by atoms with van der Waals surface area (Å²) in [5.41, 5.74) is 1.47. The second-order valence-corrected chi connectivity index (χ2v) is 6.77. The van der Waals surface area contributed by atoms with Crippen LogP contribution in [0.2, 0.25) is 5.02 Å². The summed E-state index contributed by atoms with van der Waals surface area (Å²) in [6, 6.07) is 13.6. The third kappa shape index (κ3) is 4.74. The first-order valence-electron chi connectivity index (χ1n) is 8.68. The van der Waals surface area contributed by atoms with Crippen LogP contribution in [0.25, 0.3) is 22.6 Å². The summed E-state index contributed by atoms with van der Waals surface area (Å²) in [5.74, 6) is -0.983. The molecular formula is C21H16ClFN4O2. The number of benzene rings is 2. The maximum absolute atomic E-state index is 13.7. The predicted molar refractivity (Wildman–Crippen MR) is 107 cm³/mol. The zero-order valence-corrected chi connectivity index (χ0v) is 16.1. The van der Waals surface area contributed by atoms with E-state index in [9.17, 15) is 14.3 Å². The van der Waals surface area contributed by atoms with E-state index >= 15 is 0 Å². The number of carbonyl (C=O) groups excluding carboxylic acids is 1.